The molecule has 14 rings (SSSR count). The van der Waals surface area contributed by atoms with Crippen molar-refractivity contribution in [2.45, 2.75) is 87.0 Å². The Morgan fingerprint density at radius 2 is 1.09 bits per heavy atom. The van der Waals surface area contributed by atoms with Gasteiger partial charge in [-0.3, -0.25) is 9.97 Å². The van der Waals surface area contributed by atoms with Gasteiger partial charge in [0.25, 0.3) is 5.88 Å². The number of nitrogens with one attached hydrogen (secondary N) is 2. The highest BCUT2D eigenvalue weighted by Crippen LogP contribution is 2.28. The summed E-state index contributed by atoms with van der Waals surface area (Å²) in [5.41, 5.74) is 18.0. The second kappa shape index (κ2) is 26.7. The van der Waals surface area contributed by atoms with E-state index in [0.717, 1.165) is 99.5 Å². The number of aromatic nitrogens is 10. The van der Waals surface area contributed by atoms with Crippen LogP contribution in [0.25, 0.3) is 32.4 Å². The lowest BCUT2D eigenvalue weighted by Crippen LogP contribution is -2.18. The lowest BCUT2D eigenvalue weighted by Gasteiger charge is -2.17. The van der Waals surface area contributed by atoms with Gasteiger partial charge in [-0.15, -0.1) is 11.3 Å². The number of anilines is 1. The fourth-order valence-corrected chi connectivity index (χ4v) is 8.80. The number of aryl methyl sites for hydroxylation is 10. The molecule has 0 bridgehead atoms. The number of nitrogens with zero attached hydrogens (tertiary/aromatic N) is 9. The summed E-state index contributed by atoms with van der Waals surface area (Å²) < 4.78 is 21.3. The summed E-state index contributed by atoms with van der Waals surface area (Å²) in [6, 6.07) is 22.7. The van der Waals surface area contributed by atoms with Gasteiger partial charge in [0, 0.05) is 60.0 Å². The van der Waals surface area contributed by atoms with E-state index >= 15 is 0 Å². The molecule has 75 heavy (non-hydrogen) atoms. The summed E-state index contributed by atoms with van der Waals surface area (Å²) in [7, 11) is 0. The molecular formula is C59H65N11O4S. The Bertz CT molecular complexity index is 3130. The number of para-hydroxylation sites is 1. The highest BCUT2D eigenvalue weighted by atomic mass is 32.1. The molecule has 12 heterocycles. The lowest BCUT2D eigenvalue weighted by atomic mass is 9.95. The summed E-state index contributed by atoms with van der Waals surface area (Å²) >= 11 is 1.57. The number of benzene rings is 1. The Morgan fingerprint density at radius 3 is 1.96 bits per heavy atom. The van der Waals surface area contributed by atoms with Crippen molar-refractivity contribution in [3.63, 3.8) is 0 Å². The normalized spacial score (nSPS) is 13.2. The van der Waals surface area contributed by atoms with Crippen molar-refractivity contribution in [2.75, 3.05) is 38.3 Å². The van der Waals surface area contributed by atoms with Gasteiger partial charge in [0.2, 0.25) is 5.88 Å². The van der Waals surface area contributed by atoms with Gasteiger partial charge in [0.05, 0.1) is 36.0 Å². The summed E-state index contributed by atoms with van der Waals surface area (Å²) in [5, 5.41) is 4.37. The zero-order valence-electron chi connectivity index (χ0n) is 43.9. The van der Waals surface area contributed by atoms with Crippen LogP contribution in [0, 0.1) is 48.5 Å². The van der Waals surface area contributed by atoms with Gasteiger partial charge in [-0.05, 0) is 174 Å². The summed E-state index contributed by atoms with van der Waals surface area (Å²) in [4.78, 5) is 41.6. The van der Waals surface area contributed by atoms with E-state index < -0.39 is 0 Å². The van der Waals surface area contributed by atoms with Crippen molar-refractivity contribution in [1.29, 1.82) is 0 Å². The van der Waals surface area contributed by atoms with E-state index in [9.17, 15) is 0 Å². The molecule has 0 saturated carbocycles. The molecule has 0 spiro atoms. The second-order valence-electron chi connectivity index (χ2n) is 18.6. The molecule has 3 aliphatic heterocycles. The number of H-pyrrole nitrogens is 1. The average molecular weight is 1020 g/mol. The molecule has 9 aromatic heterocycles. The zero-order chi connectivity index (χ0) is 52.4. The number of pyridine rings is 7. The van der Waals surface area contributed by atoms with Crippen LogP contribution in [0.5, 0.6) is 23.3 Å². The van der Waals surface area contributed by atoms with Crippen LogP contribution in [0.3, 0.4) is 0 Å². The van der Waals surface area contributed by atoms with Crippen LogP contribution in [-0.2, 0) is 19.3 Å². The molecule has 0 radical (unpaired) electrons. The topological polar surface area (TPSA) is 181 Å². The van der Waals surface area contributed by atoms with E-state index in [1.807, 2.05) is 113 Å². The molecule has 0 saturated heterocycles. The average Bonchev–Trinajstić information content (AvgIpc) is 4.11. The van der Waals surface area contributed by atoms with E-state index in [-0.39, 0.29) is 0 Å². The molecule has 1 aliphatic carbocycles. The molecule has 1 aromatic carbocycles. The van der Waals surface area contributed by atoms with Crippen LogP contribution in [0.1, 0.15) is 75.0 Å². The minimum Gasteiger partial charge on any atom is -0.488 e. The van der Waals surface area contributed by atoms with Crippen molar-refractivity contribution >= 4 is 49.6 Å². The van der Waals surface area contributed by atoms with Crippen molar-refractivity contribution in [2.24, 2.45) is 0 Å². The van der Waals surface area contributed by atoms with E-state index in [0.29, 0.717) is 19.1 Å². The number of imidazole rings is 1. The molecule has 0 fully saturated rings. The largest absolute Gasteiger partial charge is 0.488 e. The van der Waals surface area contributed by atoms with Gasteiger partial charge in [0.1, 0.15) is 30.2 Å². The quantitative estimate of drug-likeness (QED) is 0.146. The first-order valence-corrected chi connectivity index (χ1v) is 26.2. The number of ether oxygens (including phenoxy) is 4. The number of thiazole rings is 1. The SMILES string of the molecule is Cc1cnc2c(c1)CCCC2.Cc1cnc2c(c1)CCCO2.Cc1cnc2c(c1)OCCN2.Cc1cnc2c(c1)OCCO2.Cc1cnc2ccccc2c1.Cc1cnc2nc[nH]c2c1.Cc1cnc2scnc2c1. The standard InChI is InChI=1S/C10H13N.C10H9N.C9H11NO.C8H10N2O.C8H9NO2.C7H7N3.C7H6N2S/c2*1-8-6-9-4-2-3-5-10(9)11-7-8;1-7-5-8-3-2-4-11-9(8)10-6-7;1-6-4-7-8(10-5-6)9-2-3-11-7;1-6-4-7-8(9-5-6)11-3-2-10-7;2*1-5-2-6-7(8-3-5)10-4-9-6/h6-7H,2-5H2,1H3;2-7H,1H3;5-6H,2-4H2,1H3;4-5H,2-3H2,1H3,(H,9,10);4-5H,2-3H2,1H3;2-4H,1H3,(H,8,9,10);2-4H,1H3. The molecule has 10 aromatic rings. The van der Waals surface area contributed by atoms with Crippen LogP contribution >= 0.6 is 11.3 Å². The third kappa shape index (κ3) is 15.9. The van der Waals surface area contributed by atoms with Gasteiger partial charge < -0.3 is 29.2 Å². The van der Waals surface area contributed by atoms with Crippen molar-refractivity contribution in [3.05, 3.63) is 178 Å². The maximum atomic E-state index is 5.38. The lowest BCUT2D eigenvalue weighted by molar-refractivity contribution is 0.164. The molecule has 0 amide bonds. The Morgan fingerprint density at radius 1 is 0.467 bits per heavy atom. The fraction of sp³-hybridized carbons (Fsp3) is 0.305. The van der Waals surface area contributed by atoms with Gasteiger partial charge in [-0.2, -0.15) is 0 Å². The number of rotatable bonds is 0. The molecular weight excluding hydrogens is 959 g/mol. The van der Waals surface area contributed by atoms with Crippen LogP contribution in [0.15, 0.2) is 122 Å². The maximum absolute atomic E-state index is 5.38. The molecule has 16 heteroatoms. The van der Waals surface area contributed by atoms with E-state index in [4.69, 9.17) is 18.9 Å². The van der Waals surface area contributed by atoms with Gasteiger partial charge in [-0.25, -0.2) is 34.9 Å². The van der Waals surface area contributed by atoms with Crippen molar-refractivity contribution < 1.29 is 18.9 Å². The number of aromatic amines is 1. The summed E-state index contributed by atoms with van der Waals surface area (Å²) in [5.74, 6) is 3.94. The van der Waals surface area contributed by atoms with Gasteiger partial charge in [-0.1, -0.05) is 24.3 Å². The highest BCUT2D eigenvalue weighted by molar-refractivity contribution is 7.16. The number of hydrogen-bond acceptors (Lipinski definition) is 15. The van der Waals surface area contributed by atoms with Crippen molar-refractivity contribution in [1.82, 2.24) is 49.8 Å². The molecule has 2 N–H and O–H groups in total. The first-order chi connectivity index (χ1) is 36.5. The first-order valence-electron chi connectivity index (χ1n) is 25.3. The molecule has 4 aliphatic rings. The molecule has 386 valence electrons. The maximum Gasteiger partial charge on any atom is 0.257 e. The molecule has 0 atom stereocenters. The third-order valence-corrected chi connectivity index (χ3v) is 12.6. The van der Waals surface area contributed by atoms with Crippen LogP contribution in [0.4, 0.5) is 5.82 Å². The monoisotopic (exact) mass is 1020 g/mol. The van der Waals surface area contributed by atoms with Crippen LogP contribution in [-0.4, -0.2) is 82.8 Å². The minimum absolute atomic E-state index is 0.600. The van der Waals surface area contributed by atoms with E-state index in [1.165, 1.54) is 70.1 Å². The Hall–Kier alpha value is -8.11. The van der Waals surface area contributed by atoms with E-state index in [1.54, 1.807) is 23.9 Å². The van der Waals surface area contributed by atoms with E-state index in [2.05, 4.69) is 100 Å². The molecule has 0 unspecified atom stereocenters. The number of fused-ring (bicyclic) bond motifs is 7. The second-order valence-corrected chi connectivity index (χ2v) is 19.4. The fourth-order valence-electron chi connectivity index (χ4n) is 8.19. The summed E-state index contributed by atoms with van der Waals surface area (Å²) in [6.07, 6.45) is 22.0. The predicted molar refractivity (Wildman–Crippen MR) is 299 cm³/mol. The Labute approximate surface area is 442 Å². The van der Waals surface area contributed by atoms with Gasteiger partial charge in [0.15, 0.2) is 23.0 Å². The predicted octanol–water partition coefficient (Wildman–Crippen LogP) is 12.1. The summed E-state index contributed by atoms with van der Waals surface area (Å²) in [6.45, 7) is 17.9. The Balaban J connectivity index is 0.000000116. The van der Waals surface area contributed by atoms with Crippen LogP contribution in [0.2, 0.25) is 0 Å². The third-order valence-electron chi connectivity index (χ3n) is 11.8. The van der Waals surface area contributed by atoms with Gasteiger partial charge >= 0.3 is 0 Å². The van der Waals surface area contributed by atoms with Crippen molar-refractivity contribution in [3.8, 4) is 23.3 Å². The highest BCUT2D eigenvalue weighted by Gasteiger charge is 2.13. The smallest absolute Gasteiger partial charge is 0.257 e. The van der Waals surface area contributed by atoms with Crippen LogP contribution < -0.4 is 24.3 Å². The Kier molecular flexibility index (Phi) is 19.0. The first kappa shape index (κ1) is 53.2. The minimum atomic E-state index is 0.600. The number of hydrogen-bond donors (Lipinski definition) is 2. The zero-order valence-corrected chi connectivity index (χ0v) is 44.7. The molecule has 15 nitrogen and oxygen atoms in total.